The van der Waals surface area contributed by atoms with Gasteiger partial charge in [0.05, 0.1) is 10.0 Å². The summed E-state index contributed by atoms with van der Waals surface area (Å²) in [5.41, 5.74) is 9.66. The Labute approximate surface area is 118 Å². The number of hydrogen-bond acceptors (Lipinski definition) is 1. The van der Waals surface area contributed by atoms with Crippen molar-refractivity contribution in [3.63, 3.8) is 0 Å². The van der Waals surface area contributed by atoms with Gasteiger partial charge in [0.1, 0.15) is 0 Å². The molecule has 0 aliphatic carbocycles. The van der Waals surface area contributed by atoms with E-state index in [2.05, 4.69) is 25.1 Å². The van der Waals surface area contributed by atoms with Crippen LogP contribution in [0.2, 0.25) is 10.0 Å². The lowest BCUT2D eigenvalue weighted by molar-refractivity contribution is 0.721. The zero-order valence-electron chi connectivity index (χ0n) is 10.2. The van der Waals surface area contributed by atoms with Crippen LogP contribution < -0.4 is 5.73 Å². The first-order valence-electron chi connectivity index (χ1n) is 5.82. The highest BCUT2D eigenvalue weighted by atomic mass is 35.5. The minimum absolute atomic E-state index is 0.0258. The largest absolute Gasteiger partial charge is 0.324 e. The molecule has 1 atom stereocenters. The molecule has 0 bridgehead atoms. The second kappa shape index (κ2) is 5.75. The quantitative estimate of drug-likeness (QED) is 0.877. The summed E-state index contributed by atoms with van der Waals surface area (Å²) in [4.78, 5) is 0. The number of nitrogens with two attached hydrogens (primary N) is 1. The molecule has 1 unspecified atom stereocenters. The van der Waals surface area contributed by atoms with Crippen molar-refractivity contribution in [3.8, 4) is 0 Å². The first-order valence-corrected chi connectivity index (χ1v) is 6.58. The normalized spacial score (nSPS) is 12.4. The molecule has 1 nitrogen and oxygen atoms in total. The van der Waals surface area contributed by atoms with Gasteiger partial charge in [-0.05, 0) is 36.6 Å². The second-order valence-electron chi connectivity index (χ2n) is 4.47. The summed E-state index contributed by atoms with van der Waals surface area (Å²) in [6.07, 6.45) is 0.750. The summed E-state index contributed by atoms with van der Waals surface area (Å²) in [7, 11) is 0. The predicted molar refractivity (Wildman–Crippen MR) is 78.3 cm³/mol. The van der Waals surface area contributed by atoms with Crippen LogP contribution in [-0.4, -0.2) is 0 Å². The van der Waals surface area contributed by atoms with Crippen LogP contribution in [0.25, 0.3) is 0 Å². The fourth-order valence-electron chi connectivity index (χ4n) is 1.94. The van der Waals surface area contributed by atoms with Crippen LogP contribution in [0.15, 0.2) is 42.5 Å². The van der Waals surface area contributed by atoms with Gasteiger partial charge in [0, 0.05) is 6.04 Å². The van der Waals surface area contributed by atoms with E-state index < -0.39 is 0 Å². The Morgan fingerprint density at radius 1 is 1.06 bits per heavy atom. The van der Waals surface area contributed by atoms with E-state index in [0.717, 1.165) is 17.5 Å². The Bertz CT molecular complexity index is 552. The van der Waals surface area contributed by atoms with Crippen LogP contribution in [-0.2, 0) is 6.42 Å². The molecule has 0 saturated carbocycles. The van der Waals surface area contributed by atoms with Gasteiger partial charge in [-0.25, -0.2) is 0 Å². The molecule has 0 aromatic heterocycles. The van der Waals surface area contributed by atoms with Gasteiger partial charge in [0.2, 0.25) is 0 Å². The molecule has 0 aliphatic rings. The van der Waals surface area contributed by atoms with Crippen molar-refractivity contribution in [1.29, 1.82) is 0 Å². The van der Waals surface area contributed by atoms with E-state index in [1.54, 1.807) is 0 Å². The third kappa shape index (κ3) is 3.26. The number of rotatable bonds is 3. The van der Waals surface area contributed by atoms with E-state index >= 15 is 0 Å². The van der Waals surface area contributed by atoms with Gasteiger partial charge in [-0.2, -0.15) is 0 Å². The fraction of sp³-hybridized carbons (Fsp3) is 0.200. The summed E-state index contributed by atoms with van der Waals surface area (Å²) in [5.74, 6) is 0. The molecule has 94 valence electrons. The van der Waals surface area contributed by atoms with E-state index in [9.17, 15) is 0 Å². The van der Waals surface area contributed by atoms with Crippen molar-refractivity contribution in [2.45, 2.75) is 19.4 Å². The Balaban J connectivity index is 2.16. The minimum Gasteiger partial charge on any atom is -0.324 e. The molecule has 18 heavy (non-hydrogen) atoms. The standard InChI is InChI=1S/C15H15Cl2N/c1-10-3-2-4-12(7-10)15(18)9-11-5-6-13(16)14(17)8-11/h2-8,15H,9,18H2,1H3. The smallest absolute Gasteiger partial charge is 0.0595 e. The van der Waals surface area contributed by atoms with Crippen molar-refractivity contribution >= 4 is 23.2 Å². The molecule has 2 aromatic carbocycles. The number of hydrogen-bond donors (Lipinski definition) is 1. The highest BCUT2D eigenvalue weighted by Crippen LogP contribution is 2.25. The van der Waals surface area contributed by atoms with Crippen LogP contribution in [0, 0.1) is 6.92 Å². The van der Waals surface area contributed by atoms with Gasteiger partial charge in [-0.15, -0.1) is 0 Å². The summed E-state index contributed by atoms with van der Waals surface area (Å²) in [6, 6.07) is 13.9. The highest BCUT2D eigenvalue weighted by Gasteiger charge is 2.08. The molecular weight excluding hydrogens is 265 g/mol. The van der Waals surface area contributed by atoms with Gasteiger partial charge in [0.15, 0.2) is 0 Å². The molecule has 0 amide bonds. The lowest BCUT2D eigenvalue weighted by Crippen LogP contribution is -2.13. The molecule has 0 radical (unpaired) electrons. The Kier molecular flexibility index (Phi) is 4.28. The lowest BCUT2D eigenvalue weighted by Gasteiger charge is -2.13. The molecule has 2 N–H and O–H groups in total. The van der Waals surface area contributed by atoms with Crippen LogP contribution in [0.4, 0.5) is 0 Å². The van der Waals surface area contributed by atoms with E-state index in [-0.39, 0.29) is 6.04 Å². The average Bonchev–Trinajstić information content (AvgIpc) is 2.34. The van der Waals surface area contributed by atoms with Gasteiger partial charge in [-0.1, -0.05) is 59.1 Å². The lowest BCUT2D eigenvalue weighted by atomic mass is 9.98. The van der Waals surface area contributed by atoms with Crippen molar-refractivity contribution in [2.24, 2.45) is 5.73 Å². The molecule has 2 aromatic rings. The number of aryl methyl sites for hydroxylation is 1. The maximum atomic E-state index is 6.21. The van der Waals surface area contributed by atoms with Crippen LogP contribution >= 0.6 is 23.2 Å². The monoisotopic (exact) mass is 279 g/mol. The maximum Gasteiger partial charge on any atom is 0.0595 e. The average molecular weight is 280 g/mol. The highest BCUT2D eigenvalue weighted by molar-refractivity contribution is 6.42. The summed E-state index contributed by atoms with van der Waals surface area (Å²) < 4.78 is 0. The van der Waals surface area contributed by atoms with E-state index in [4.69, 9.17) is 28.9 Å². The number of benzene rings is 2. The predicted octanol–water partition coefficient (Wildman–Crippen LogP) is 4.54. The van der Waals surface area contributed by atoms with Crippen molar-refractivity contribution in [1.82, 2.24) is 0 Å². The van der Waals surface area contributed by atoms with E-state index in [1.807, 2.05) is 24.3 Å². The maximum absolute atomic E-state index is 6.21. The molecule has 0 aliphatic heterocycles. The SMILES string of the molecule is Cc1cccc(C(N)Cc2ccc(Cl)c(Cl)c2)c1. The summed E-state index contributed by atoms with van der Waals surface area (Å²) in [6.45, 7) is 2.06. The van der Waals surface area contributed by atoms with Crippen molar-refractivity contribution in [2.75, 3.05) is 0 Å². The number of halogens is 2. The van der Waals surface area contributed by atoms with Crippen LogP contribution in [0.3, 0.4) is 0 Å². The van der Waals surface area contributed by atoms with Crippen molar-refractivity contribution in [3.05, 3.63) is 69.2 Å². The first-order chi connectivity index (χ1) is 8.56. The van der Waals surface area contributed by atoms with Crippen LogP contribution in [0.1, 0.15) is 22.7 Å². The first kappa shape index (κ1) is 13.4. The van der Waals surface area contributed by atoms with Gasteiger partial charge >= 0.3 is 0 Å². The zero-order chi connectivity index (χ0) is 13.1. The third-order valence-electron chi connectivity index (χ3n) is 2.91. The molecule has 2 rings (SSSR count). The Morgan fingerprint density at radius 2 is 1.83 bits per heavy atom. The molecule has 0 spiro atoms. The summed E-state index contributed by atoms with van der Waals surface area (Å²) >= 11 is 11.9. The van der Waals surface area contributed by atoms with E-state index in [1.165, 1.54) is 5.56 Å². The minimum atomic E-state index is -0.0258. The molecule has 0 saturated heterocycles. The van der Waals surface area contributed by atoms with Crippen LogP contribution in [0.5, 0.6) is 0 Å². The summed E-state index contributed by atoms with van der Waals surface area (Å²) in [5, 5.41) is 1.15. The third-order valence-corrected chi connectivity index (χ3v) is 3.65. The molecule has 0 heterocycles. The Morgan fingerprint density at radius 3 is 2.50 bits per heavy atom. The molecule has 0 fully saturated rings. The topological polar surface area (TPSA) is 26.0 Å². The van der Waals surface area contributed by atoms with Gasteiger partial charge in [0.25, 0.3) is 0 Å². The van der Waals surface area contributed by atoms with Crippen molar-refractivity contribution < 1.29 is 0 Å². The Hall–Kier alpha value is -1.02. The zero-order valence-corrected chi connectivity index (χ0v) is 11.7. The van der Waals surface area contributed by atoms with Gasteiger partial charge < -0.3 is 5.73 Å². The fourth-order valence-corrected chi connectivity index (χ4v) is 2.26. The van der Waals surface area contributed by atoms with E-state index in [0.29, 0.717) is 10.0 Å². The molecular formula is C15H15Cl2N. The van der Waals surface area contributed by atoms with Gasteiger partial charge in [-0.3, -0.25) is 0 Å². The second-order valence-corrected chi connectivity index (χ2v) is 5.29. The molecule has 3 heteroatoms.